The van der Waals surface area contributed by atoms with Gasteiger partial charge in [0.2, 0.25) is 5.75 Å². The van der Waals surface area contributed by atoms with E-state index in [-0.39, 0.29) is 5.70 Å². The van der Waals surface area contributed by atoms with Crippen LogP contribution in [0.4, 0.5) is 5.69 Å². The Bertz CT molecular complexity index is 1450. The summed E-state index contributed by atoms with van der Waals surface area (Å²) in [6, 6.07) is 29.9. The summed E-state index contributed by atoms with van der Waals surface area (Å²) in [6.07, 6.45) is 1.56. The molecule has 0 unspecified atom stereocenters. The molecule has 0 aliphatic carbocycles. The molecule has 7 nitrogen and oxygen atoms in total. The molecule has 0 saturated carbocycles. The summed E-state index contributed by atoms with van der Waals surface area (Å²) in [7, 11) is 4.54. The maximum Gasteiger partial charge on any atom is 0.272 e. The number of carbonyl (C=O) groups excluding carboxylic acids is 2. The van der Waals surface area contributed by atoms with Crippen LogP contribution >= 0.6 is 11.8 Å². The van der Waals surface area contributed by atoms with Crippen molar-refractivity contribution in [2.45, 2.75) is 10.6 Å². The normalized spacial score (nSPS) is 10.9. The van der Waals surface area contributed by atoms with Crippen LogP contribution in [-0.2, 0) is 10.5 Å². The molecular formula is C32H30N2O5S. The maximum atomic E-state index is 13.4. The molecule has 0 atom stereocenters. The van der Waals surface area contributed by atoms with Crippen molar-refractivity contribution < 1.29 is 23.8 Å². The Kier molecular flexibility index (Phi) is 9.85. The highest BCUT2D eigenvalue weighted by molar-refractivity contribution is 7.98. The molecular weight excluding hydrogens is 524 g/mol. The molecule has 2 N–H and O–H groups in total. The van der Waals surface area contributed by atoms with Gasteiger partial charge in [-0.3, -0.25) is 9.59 Å². The van der Waals surface area contributed by atoms with Crippen molar-refractivity contribution in [1.29, 1.82) is 0 Å². The monoisotopic (exact) mass is 554 g/mol. The summed E-state index contributed by atoms with van der Waals surface area (Å²) < 4.78 is 16.3. The molecule has 204 valence electrons. The van der Waals surface area contributed by atoms with E-state index in [1.165, 1.54) is 26.9 Å². The molecule has 0 radical (unpaired) electrons. The SMILES string of the molecule is COc1cc(/C=C(\NC(=O)c2ccccc2)C(=O)Nc2ccc(SCc3ccccc3)cc2)cc(OC)c1OC. The molecule has 0 spiro atoms. The van der Waals surface area contributed by atoms with Gasteiger partial charge < -0.3 is 24.8 Å². The standard InChI is InChI=1S/C32H30N2O5S/c1-37-28-19-23(20-29(38-2)30(28)39-3)18-27(34-31(35)24-12-8-5-9-13-24)32(36)33-25-14-16-26(17-15-25)40-21-22-10-6-4-7-11-22/h4-20H,21H2,1-3H3,(H,33,36)(H,34,35)/b27-18-. The van der Waals surface area contributed by atoms with Crippen LogP contribution in [0.25, 0.3) is 6.08 Å². The number of ether oxygens (including phenoxy) is 3. The lowest BCUT2D eigenvalue weighted by Crippen LogP contribution is -2.30. The van der Waals surface area contributed by atoms with Gasteiger partial charge in [0, 0.05) is 21.9 Å². The van der Waals surface area contributed by atoms with Gasteiger partial charge in [-0.1, -0.05) is 48.5 Å². The number of hydrogen-bond donors (Lipinski definition) is 2. The van der Waals surface area contributed by atoms with Crippen molar-refractivity contribution in [1.82, 2.24) is 5.32 Å². The fraction of sp³-hybridized carbons (Fsp3) is 0.125. The Balaban J connectivity index is 1.57. The summed E-state index contributed by atoms with van der Waals surface area (Å²) >= 11 is 1.71. The number of anilines is 1. The highest BCUT2D eigenvalue weighted by atomic mass is 32.2. The van der Waals surface area contributed by atoms with Gasteiger partial charge in [0.1, 0.15) is 5.70 Å². The van der Waals surface area contributed by atoms with E-state index in [1.807, 2.05) is 48.5 Å². The zero-order chi connectivity index (χ0) is 28.3. The Morgan fingerprint density at radius 1 is 0.775 bits per heavy atom. The van der Waals surface area contributed by atoms with E-state index in [4.69, 9.17) is 14.2 Å². The van der Waals surface area contributed by atoms with E-state index in [2.05, 4.69) is 22.8 Å². The minimum Gasteiger partial charge on any atom is -0.493 e. The molecule has 4 rings (SSSR count). The fourth-order valence-corrected chi connectivity index (χ4v) is 4.72. The summed E-state index contributed by atoms with van der Waals surface area (Å²) in [5, 5.41) is 5.63. The first-order valence-electron chi connectivity index (χ1n) is 12.5. The summed E-state index contributed by atoms with van der Waals surface area (Å²) in [5.74, 6) is 1.22. The van der Waals surface area contributed by atoms with E-state index >= 15 is 0 Å². The quantitative estimate of drug-likeness (QED) is 0.165. The number of thioether (sulfide) groups is 1. The third-order valence-electron chi connectivity index (χ3n) is 5.89. The molecule has 8 heteroatoms. The number of nitrogens with one attached hydrogen (secondary N) is 2. The molecule has 0 aromatic heterocycles. The van der Waals surface area contributed by atoms with Crippen LogP contribution in [0.1, 0.15) is 21.5 Å². The van der Waals surface area contributed by atoms with Gasteiger partial charge in [0.25, 0.3) is 11.8 Å². The second-order valence-corrected chi connectivity index (χ2v) is 9.64. The topological polar surface area (TPSA) is 85.9 Å². The van der Waals surface area contributed by atoms with Gasteiger partial charge in [-0.15, -0.1) is 11.8 Å². The molecule has 0 bridgehead atoms. The Morgan fingerprint density at radius 2 is 1.38 bits per heavy atom. The van der Waals surface area contributed by atoms with Crippen LogP contribution in [-0.4, -0.2) is 33.1 Å². The predicted molar refractivity (Wildman–Crippen MR) is 159 cm³/mol. The van der Waals surface area contributed by atoms with Gasteiger partial charge in [0.15, 0.2) is 11.5 Å². The third kappa shape index (κ3) is 7.45. The summed E-state index contributed by atoms with van der Waals surface area (Å²) in [4.78, 5) is 27.5. The average Bonchev–Trinajstić information content (AvgIpc) is 3.00. The molecule has 0 heterocycles. The largest absolute Gasteiger partial charge is 0.493 e. The zero-order valence-corrected chi connectivity index (χ0v) is 23.3. The molecule has 0 saturated heterocycles. The first kappa shape index (κ1) is 28.3. The first-order valence-corrected chi connectivity index (χ1v) is 13.5. The van der Waals surface area contributed by atoms with Gasteiger partial charge in [-0.05, 0) is 65.7 Å². The highest BCUT2D eigenvalue weighted by Crippen LogP contribution is 2.38. The van der Waals surface area contributed by atoms with Crippen molar-refractivity contribution in [2.24, 2.45) is 0 Å². The van der Waals surface area contributed by atoms with E-state index in [0.717, 1.165) is 10.6 Å². The van der Waals surface area contributed by atoms with E-state index in [0.29, 0.717) is 34.1 Å². The predicted octanol–water partition coefficient (Wildman–Crippen LogP) is 6.41. The van der Waals surface area contributed by atoms with Crippen LogP contribution in [0.5, 0.6) is 17.2 Å². The number of rotatable bonds is 11. The van der Waals surface area contributed by atoms with Crippen LogP contribution in [0.3, 0.4) is 0 Å². The van der Waals surface area contributed by atoms with E-state index in [9.17, 15) is 9.59 Å². The van der Waals surface area contributed by atoms with Crippen LogP contribution in [0.15, 0.2) is 108 Å². The lowest BCUT2D eigenvalue weighted by Gasteiger charge is -2.15. The van der Waals surface area contributed by atoms with Gasteiger partial charge in [-0.25, -0.2) is 0 Å². The van der Waals surface area contributed by atoms with E-state index in [1.54, 1.807) is 54.2 Å². The van der Waals surface area contributed by atoms with Crippen molar-refractivity contribution >= 4 is 35.3 Å². The summed E-state index contributed by atoms with van der Waals surface area (Å²) in [5.41, 5.74) is 2.87. The smallest absolute Gasteiger partial charge is 0.272 e. The van der Waals surface area contributed by atoms with E-state index < -0.39 is 11.8 Å². The van der Waals surface area contributed by atoms with Crippen molar-refractivity contribution in [3.05, 3.63) is 119 Å². The molecule has 0 fully saturated rings. The first-order chi connectivity index (χ1) is 19.5. The van der Waals surface area contributed by atoms with Crippen LogP contribution < -0.4 is 24.8 Å². The molecule has 2 amide bonds. The van der Waals surface area contributed by atoms with Crippen molar-refractivity contribution in [3.8, 4) is 17.2 Å². The van der Waals surface area contributed by atoms with Crippen LogP contribution in [0.2, 0.25) is 0 Å². The molecule has 4 aromatic carbocycles. The highest BCUT2D eigenvalue weighted by Gasteiger charge is 2.18. The van der Waals surface area contributed by atoms with Crippen molar-refractivity contribution in [3.63, 3.8) is 0 Å². The summed E-state index contributed by atoms with van der Waals surface area (Å²) in [6.45, 7) is 0. The Hall–Kier alpha value is -4.69. The number of methoxy groups -OCH3 is 3. The van der Waals surface area contributed by atoms with Gasteiger partial charge in [0.05, 0.1) is 21.3 Å². The lowest BCUT2D eigenvalue weighted by atomic mass is 10.1. The Morgan fingerprint density at radius 3 is 1.95 bits per heavy atom. The Labute approximate surface area is 238 Å². The van der Waals surface area contributed by atoms with Gasteiger partial charge >= 0.3 is 0 Å². The minimum atomic E-state index is -0.484. The number of benzene rings is 4. The second-order valence-electron chi connectivity index (χ2n) is 8.59. The lowest BCUT2D eigenvalue weighted by molar-refractivity contribution is -0.113. The fourth-order valence-electron chi connectivity index (χ4n) is 3.87. The number of carbonyl (C=O) groups is 2. The number of amides is 2. The molecule has 0 aliphatic rings. The third-order valence-corrected chi connectivity index (χ3v) is 6.97. The maximum absolute atomic E-state index is 13.4. The van der Waals surface area contributed by atoms with Gasteiger partial charge in [-0.2, -0.15) is 0 Å². The zero-order valence-electron chi connectivity index (χ0n) is 22.5. The second kappa shape index (κ2) is 13.9. The van der Waals surface area contributed by atoms with Crippen LogP contribution in [0, 0.1) is 0 Å². The average molecular weight is 555 g/mol. The minimum absolute atomic E-state index is 0.0469. The number of hydrogen-bond acceptors (Lipinski definition) is 6. The molecule has 40 heavy (non-hydrogen) atoms. The molecule has 4 aromatic rings. The molecule has 0 aliphatic heterocycles. The van der Waals surface area contributed by atoms with Crippen molar-refractivity contribution in [2.75, 3.05) is 26.6 Å².